The van der Waals surface area contributed by atoms with Gasteiger partial charge >= 0.3 is 5.97 Å². The summed E-state index contributed by atoms with van der Waals surface area (Å²) in [7, 11) is 0. The predicted molar refractivity (Wildman–Crippen MR) is 68.8 cm³/mol. The number of hydrogen-bond donors (Lipinski definition) is 2. The maximum Gasteiger partial charge on any atom is 0.313 e. The summed E-state index contributed by atoms with van der Waals surface area (Å²) in [6.45, 7) is 6.48. The number of aliphatic carboxylic acids is 1. The number of hydrogen-bond acceptors (Lipinski definition) is 5. The lowest BCUT2D eigenvalue weighted by Crippen LogP contribution is -2.27. The zero-order valence-corrected chi connectivity index (χ0v) is 11.7. The van der Waals surface area contributed by atoms with Crippen molar-refractivity contribution in [3.63, 3.8) is 0 Å². The van der Waals surface area contributed by atoms with Crippen molar-refractivity contribution in [2.45, 2.75) is 44.3 Å². The van der Waals surface area contributed by atoms with Crippen molar-refractivity contribution in [3.8, 4) is 0 Å². The van der Waals surface area contributed by atoms with Crippen molar-refractivity contribution >= 4 is 17.7 Å². The van der Waals surface area contributed by atoms with Gasteiger partial charge in [-0.1, -0.05) is 32.5 Å². The quantitative estimate of drug-likeness (QED) is 0.724. The van der Waals surface area contributed by atoms with Crippen LogP contribution in [0.15, 0.2) is 5.16 Å². The van der Waals surface area contributed by atoms with E-state index in [-0.39, 0.29) is 12.4 Å². The van der Waals surface area contributed by atoms with Gasteiger partial charge in [0.25, 0.3) is 0 Å². The Morgan fingerprint density at radius 1 is 1.44 bits per heavy atom. The van der Waals surface area contributed by atoms with Gasteiger partial charge in [0.05, 0.1) is 12.4 Å². The van der Waals surface area contributed by atoms with E-state index < -0.39 is 11.4 Å². The molecule has 2 N–H and O–H groups in total. The molecule has 0 unspecified atom stereocenters. The second-order valence-electron chi connectivity index (χ2n) is 4.68. The maximum absolute atomic E-state index is 10.6. The van der Waals surface area contributed by atoms with E-state index in [4.69, 9.17) is 5.11 Å². The Balaban J connectivity index is 3.02. The maximum atomic E-state index is 10.6. The van der Waals surface area contributed by atoms with E-state index in [2.05, 4.69) is 10.2 Å². The molecule has 0 amide bonds. The molecule has 102 valence electrons. The fourth-order valence-corrected chi connectivity index (χ4v) is 2.20. The fourth-order valence-electron chi connectivity index (χ4n) is 1.52. The molecule has 0 spiro atoms. The summed E-state index contributed by atoms with van der Waals surface area (Å²) in [6.07, 6.45) is 0.896. The van der Waals surface area contributed by atoms with Crippen LogP contribution in [0.25, 0.3) is 0 Å². The van der Waals surface area contributed by atoms with Crippen molar-refractivity contribution in [1.82, 2.24) is 14.8 Å². The molecule has 1 aromatic rings. The molecule has 0 aliphatic rings. The van der Waals surface area contributed by atoms with E-state index in [0.717, 1.165) is 18.2 Å². The molecule has 0 atom stereocenters. The number of carboxylic acids is 1. The van der Waals surface area contributed by atoms with Crippen molar-refractivity contribution in [3.05, 3.63) is 5.82 Å². The van der Waals surface area contributed by atoms with Crippen LogP contribution in [0.2, 0.25) is 0 Å². The van der Waals surface area contributed by atoms with Gasteiger partial charge in [0, 0.05) is 12.0 Å². The molecule has 1 heterocycles. The van der Waals surface area contributed by atoms with Gasteiger partial charge < -0.3 is 14.8 Å². The van der Waals surface area contributed by atoms with Crippen LogP contribution in [-0.2, 0) is 16.8 Å². The molecule has 0 aliphatic heterocycles. The first-order valence-electron chi connectivity index (χ1n) is 5.81. The Kier molecular flexibility index (Phi) is 5.15. The minimum absolute atomic E-state index is 0.0293. The smallest absolute Gasteiger partial charge is 0.313 e. The van der Waals surface area contributed by atoms with Crippen molar-refractivity contribution in [1.29, 1.82) is 0 Å². The zero-order chi connectivity index (χ0) is 13.8. The number of carbonyl (C=O) groups is 1. The highest BCUT2D eigenvalue weighted by Crippen LogP contribution is 2.25. The van der Waals surface area contributed by atoms with Gasteiger partial charge in [-0.2, -0.15) is 0 Å². The van der Waals surface area contributed by atoms with Crippen LogP contribution in [0, 0.1) is 0 Å². The summed E-state index contributed by atoms with van der Waals surface area (Å²) >= 11 is 1.15. The Morgan fingerprint density at radius 2 is 2.11 bits per heavy atom. The summed E-state index contributed by atoms with van der Waals surface area (Å²) in [5.41, 5.74) is -0.482. The molecule has 6 nitrogen and oxygen atoms in total. The van der Waals surface area contributed by atoms with E-state index >= 15 is 0 Å². The lowest BCUT2D eigenvalue weighted by Gasteiger charge is -2.21. The van der Waals surface area contributed by atoms with Crippen LogP contribution in [0.1, 0.15) is 33.0 Å². The third kappa shape index (κ3) is 3.46. The Hall–Kier alpha value is -1.08. The Morgan fingerprint density at radius 3 is 2.61 bits per heavy atom. The van der Waals surface area contributed by atoms with Crippen LogP contribution in [0.3, 0.4) is 0 Å². The van der Waals surface area contributed by atoms with E-state index in [1.807, 2.05) is 25.3 Å². The second kappa shape index (κ2) is 6.19. The molecule has 1 aromatic heterocycles. The highest BCUT2D eigenvalue weighted by Gasteiger charge is 2.27. The predicted octanol–water partition coefficient (Wildman–Crippen LogP) is 1.13. The molecule has 0 saturated heterocycles. The molecule has 7 heteroatoms. The van der Waals surface area contributed by atoms with E-state index in [9.17, 15) is 9.90 Å². The number of aliphatic hydroxyl groups is 1. The topological polar surface area (TPSA) is 88.2 Å². The molecule has 0 aromatic carbocycles. The van der Waals surface area contributed by atoms with Gasteiger partial charge in [-0.3, -0.25) is 4.79 Å². The van der Waals surface area contributed by atoms with Crippen LogP contribution >= 0.6 is 11.8 Å². The highest BCUT2D eigenvalue weighted by atomic mass is 32.2. The number of aliphatic hydroxyl groups excluding tert-OH is 1. The standard InChI is InChI=1S/C11H19N3O3S/c1-4-5-14-9(11(2,3)7-15)12-13-10(14)18-6-8(16)17/h15H,4-7H2,1-3H3,(H,16,17). The van der Waals surface area contributed by atoms with E-state index in [0.29, 0.717) is 17.5 Å². The number of nitrogens with zero attached hydrogens (tertiary/aromatic N) is 3. The van der Waals surface area contributed by atoms with Gasteiger partial charge in [0.2, 0.25) is 0 Å². The average molecular weight is 273 g/mol. The molecular weight excluding hydrogens is 254 g/mol. The fraction of sp³-hybridized carbons (Fsp3) is 0.727. The molecule has 0 bridgehead atoms. The first kappa shape index (κ1) is 15.0. The third-order valence-corrected chi connectivity index (χ3v) is 3.44. The number of carboxylic acid groups (broad SMARTS) is 1. The monoisotopic (exact) mass is 273 g/mol. The van der Waals surface area contributed by atoms with Crippen molar-refractivity contribution < 1.29 is 15.0 Å². The molecule has 0 radical (unpaired) electrons. The molecule has 1 rings (SSSR count). The van der Waals surface area contributed by atoms with E-state index in [1.54, 1.807) is 0 Å². The number of rotatable bonds is 7. The molecule has 0 fully saturated rings. The molecule has 0 saturated carbocycles. The van der Waals surface area contributed by atoms with Crippen LogP contribution in [0.4, 0.5) is 0 Å². The molecular formula is C11H19N3O3S. The van der Waals surface area contributed by atoms with Crippen molar-refractivity contribution in [2.24, 2.45) is 0 Å². The van der Waals surface area contributed by atoms with Crippen LogP contribution in [-0.4, -0.2) is 43.3 Å². The minimum atomic E-state index is -0.881. The SMILES string of the molecule is CCCn1c(SCC(=O)O)nnc1C(C)(C)CO. The average Bonchev–Trinajstić information content (AvgIpc) is 2.71. The summed E-state index contributed by atoms with van der Waals surface area (Å²) in [5, 5.41) is 26.8. The summed E-state index contributed by atoms with van der Waals surface area (Å²) in [5.74, 6) is -0.227. The first-order valence-corrected chi connectivity index (χ1v) is 6.80. The molecule has 18 heavy (non-hydrogen) atoms. The zero-order valence-electron chi connectivity index (χ0n) is 10.9. The second-order valence-corrected chi connectivity index (χ2v) is 5.62. The highest BCUT2D eigenvalue weighted by molar-refractivity contribution is 7.99. The van der Waals surface area contributed by atoms with Gasteiger partial charge in [0.1, 0.15) is 5.82 Å². The lowest BCUT2D eigenvalue weighted by molar-refractivity contribution is -0.133. The summed E-state index contributed by atoms with van der Waals surface area (Å²) in [4.78, 5) is 10.6. The van der Waals surface area contributed by atoms with Crippen LogP contribution in [0.5, 0.6) is 0 Å². The summed E-state index contributed by atoms with van der Waals surface area (Å²) in [6, 6.07) is 0. The van der Waals surface area contributed by atoms with Crippen molar-refractivity contribution in [2.75, 3.05) is 12.4 Å². The minimum Gasteiger partial charge on any atom is -0.481 e. The van der Waals surface area contributed by atoms with Gasteiger partial charge in [-0.25, -0.2) is 0 Å². The first-order chi connectivity index (χ1) is 8.42. The lowest BCUT2D eigenvalue weighted by atomic mass is 9.94. The third-order valence-electron chi connectivity index (χ3n) is 2.49. The van der Waals surface area contributed by atoms with Crippen LogP contribution < -0.4 is 0 Å². The van der Waals surface area contributed by atoms with E-state index in [1.165, 1.54) is 0 Å². The van der Waals surface area contributed by atoms with Gasteiger partial charge in [-0.15, -0.1) is 10.2 Å². The number of aromatic nitrogens is 3. The normalized spacial score (nSPS) is 11.8. The number of thioether (sulfide) groups is 1. The van der Waals surface area contributed by atoms with Gasteiger partial charge in [-0.05, 0) is 6.42 Å². The van der Waals surface area contributed by atoms with Gasteiger partial charge in [0.15, 0.2) is 5.16 Å². The Bertz CT molecular complexity index is 418. The largest absolute Gasteiger partial charge is 0.481 e. The summed E-state index contributed by atoms with van der Waals surface area (Å²) < 4.78 is 1.89. The Labute approximate surface area is 110 Å². The molecule has 0 aliphatic carbocycles.